The number of thiophene rings is 1. The molecule has 5 nitrogen and oxygen atoms in total. The lowest BCUT2D eigenvalue weighted by molar-refractivity contribution is 0.175. The van der Waals surface area contributed by atoms with Crippen molar-refractivity contribution in [1.29, 1.82) is 0 Å². The number of aliphatic hydroxyl groups excluding tert-OH is 1. The highest BCUT2D eigenvalue weighted by atomic mass is 32.1. The van der Waals surface area contributed by atoms with Crippen molar-refractivity contribution in [2.45, 2.75) is 6.10 Å². The maximum absolute atomic E-state index is 11.8. The molecule has 108 valence electrons. The Labute approximate surface area is 129 Å². The maximum Gasteiger partial charge on any atom is 0.321 e. The summed E-state index contributed by atoms with van der Waals surface area (Å²) in [5, 5.41) is 19.5. The Morgan fingerprint density at radius 1 is 1.33 bits per heavy atom. The molecule has 3 aromatic rings. The fourth-order valence-electron chi connectivity index (χ4n) is 1.84. The van der Waals surface area contributed by atoms with E-state index in [1.807, 2.05) is 41.1 Å². The molecular formula is C14H13N3O2S2. The standard InChI is InChI=1S/C14H13N3O2S2/c18-11(9-5-6-20-8-9)7-15-13(19)17-14-16-10-3-1-2-4-12(10)21-14/h1-6,8,11,18H,7H2,(H2,15,16,17,19). The van der Waals surface area contributed by atoms with E-state index in [1.165, 1.54) is 22.7 Å². The van der Waals surface area contributed by atoms with Crippen LogP contribution in [0.25, 0.3) is 10.2 Å². The number of thiazole rings is 1. The quantitative estimate of drug-likeness (QED) is 0.691. The van der Waals surface area contributed by atoms with Crippen LogP contribution in [-0.4, -0.2) is 22.7 Å². The van der Waals surface area contributed by atoms with E-state index in [-0.39, 0.29) is 12.6 Å². The molecule has 0 aliphatic rings. The number of urea groups is 1. The van der Waals surface area contributed by atoms with Gasteiger partial charge in [-0.2, -0.15) is 11.3 Å². The van der Waals surface area contributed by atoms with Crippen LogP contribution in [-0.2, 0) is 0 Å². The lowest BCUT2D eigenvalue weighted by Crippen LogP contribution is -2.32. The first-order valence-electron chi connectivity index (χ1n) is 6.33. The molecule has 7 heteroatoms. The van der Waals surface area contributed by atoms with Crippen molar-refractivity contribution >= 4 is 44.1 Å². The molecule has 1 aromatic carbocycles. The van der Waals surface area contributed by atoms with E-state index in [4.69, 9.17) is 0 Å². The zero-order valence-electron chi connectivity index (χ0n) is 10.9. The van der Waals surface area contributed by atoms with Crippen LogP contribution < -0.4 is 10.6 Å². The molecule has 21 heavy (non-hydrogen) atoms. The van der Waals surface area contributed by atoms with Crippen LogP contribution in [0.2, 0.25) is 0 Å². The number of benzene rings is 1. The average Bonchev–Trinajstić information content (AvgIpc) is 3.13. The van der Waals surface area contributed by atoms with E-state index in [0.717, 1.165) is 15.8 Å². The van der Waals surface area contributed by atoms with Crippen LogP contribution in [0.3, 0.4) is 0 Å². The molecule has 2 heterocycles. The second kappa shape index (κ2) is 6.21. The number of rotatable bonds is 4. The number of carbonyl (C=O) groups is 1. The number of hydrogen-bond acceptors (Lipinski definition) is 5. The zero-order chi connectivity index (χ0) is 14.7. The van der Waals surface area contributed by atoms with E-state index in [2.05, 4.69) is 15.6 Å². The minimum atomic E-state index is -0.697. The second-order valence-electron chi connectivity index (χ2n) is 4.39. The Bertz CT molecular complexity index is 707. The smallest absolute Gasteiger partial charge is 0.321 e. The molecular weight excluding hydrogens is 306 g/mol. The summed E-state index contributed by atoms with van der Waals surface area (Å²) in [6.07, 6.45) is -0.697. The number of anilines is 1. The number of nitrogens with zero attached hydrogens (tertiary/aromatic N) is 1. The minimum absolute atomic E-state index is 0.160. The summed E-state index contributed by atoms with van der Waals surface area (Å²) < 4.78 is 1.02. The number of fused-ring (bicyclic) bond motifs is 1. The van der Waals surface area contributed by atoms with Crippen LogP contribution in [0.1, 0.15) is 11.7 Å². The molecule has 2 aromatic heterocycles. The Morgan fingerprint density at radius 2 is 2.19 bits per heavy atom. The number of hydrogen-bond donors (Lipinski definition) is 3. The molecule has 0 aliphatic heterocycles. The maximum atomic E-state index is 11.8. The minimum Gasteiger partial charge on any atom is -0.387 e. The summed E-state index contributed by atoms with van der Waals surface area (Å²) in [5.74, 6) is 0. The first-order valence-corrected chi connectivity index (χ1v) is 8.09. The average molecular weight is 319 g/mol. The highest BCUT2D eigenvalue weighted by molar-refractivity contribution is 7.22. The van der Waals surface area contributed by atoms with Crippen molar-refractivity contribution in [3.63, 3.8) is 0 Å². The van der Waals surface area contributed by atoms with Gasteiger partial charge in [-0.05, 0) is 34.5 Å². The van der Waals surface area contributed by atoms with Gasteiger partial charge in [-0.15, -0.1) is 0 Å². The van der Waals surface area contributed by atoms with Gasteiger partial charge >= 0.3 is 6.03 Å². The van der Waals surface area contributed by atoms with E-state index in [0.29, 0.717) is 5.13 Å². The highest BCUT2D eigenvalue weighted by Crippen LogP contribution is 2.25. The predicted molar refractivity (Wildman–Crippen MR) is 85.9 cm³/mol. The highest BCUT2D eigenvalue weighted by Gasteiger charge is 2.11. The Hall–Kier alpha value is -1.96. The largest absolute Gasteiger partial charge is 0.387 e. The Kier molecular flexibility index (Phi) is 4.14. The number of aliphatic hydroxyl groups is 1. The summed E-state index contributed by atoms with van der Waals surface area (Å²) in [4.78, 5) is 16.1. The molecule has 0 saturated carbocycles. The fraction of sp³-hybridized carbons (Fsp3) is 0.143. The lowest BCUT2D eigenvalue weighted by atomic mass is 10.2. The summed E-state index contributed by atoms with van der Waals surface area (Å²) in [5.41, 5.74) is 1.66. The first-order chi connectivity index (χ1) is 10.2. The van der Waals surface area contributed by atoms with Gasteiger partial charge in [0.25, 0.3) is 0 Å². The van der Waals surface area contributed by atoms with E-state index >= 15 is 0 Å². The van der Waals surface area contributed by atoms with Gasteiger partial charge in [-0.3, -0.25) is 5.32 Å². The first kappa shape index (κ1) is 14.0. The van der Waals surface area contributed by atoms with Gasteiger partial charge < -0.3 is 10.4 Å². The van der Waals surface area contributed by atoms with Gasteiger partial charge in [-0.25, -0.2) is 9.78 Å². The SMILES string of the molecule is O=C(NCC(O)c1ccsc1)Nc1nc2ccccc2s1. The Morgan fingerprint density at radius 3 is 2.95 bits per heavy atom. The third kappa shape index (κ3) is 3.38. The molecule has 3 rings (SSSR count). The van der Waals surface area contributed by atoms with Crippen LogP contribution in [0.5, 0.6) is 0 Å². The van der Waals surface area contributed by atoms with Gasteiger partial charge in [0.1, 0.15) is 0 Å². The molecule has 1 atom stereocenters. The third-order valence-corrected chi connectivity index (χ3v) is 4.55. The normalized spacial score (nSPS) is 12.2. The molecule has 1 unspecified atom stereocenters. The molecule has 0 aliphatic carbocycles. The predicted octanol–water partition coefficient (Wildman–Crippen LogP) is 3.21. The molecule has 0 bridgehead atoms. The van der Waals surface area contributed by atoms with Gasteiger partial charge in [0.05, 0.1) is 16.3 Å². The number of para-hydroxylation sites is 1. The molecule has 3 N–H and O–H groups in total. The Balaban J connectivity index is 1.56. The lowest BCUT2D eigenvalue weighted by Gasteiger charge is -2.10. The van der Waals surface area contributed by atoms with Gasteiger partial charge in [-0.1, -0.05) is 23.5 Å². The summed E-state index contributed by atoms with van der Waals surface area (Å²) in [7, 11) is 0. The summed E-state index contributed by atoms with van der Waals surface area (Å²) in [6, 6.07) is 9.15. The van der Waals surface area contributed by atoms with E-state index in [9.17, 15) is 9.90 Å². The van der Waals surface area contributed by atoms with Crippen molar-refractivity contribution in [2.75, 3.05) is 11.9 Å². The van der Waals surface area contributed by atoms with Crippen LogP contribution in [0.4, 0.5) is 9.93 Å². The molecule has 0 saturated heterocycles. The summed E-state index contributed by atoms with van der Waals surface area (Å²) in [6.45, 7) is 0.160. The number of aromatic nitrogens is 1. The van der Waals surface area contributed by atoms with Gasteiger partial charge in [0.2, 0.25) is 0 Å². The van der Waals surface area contributed by atoms with Crippen LogP contribution >= 0.6 is 22.7 Å². The number of nitrogens with one attached hydrogen (secondary N) is 2. The van der Waals surface area contributed by atoms with Gasteiger partial charge in [0, 0.05) is 6.54 Å². The van der Waals surface area contributed by atoms with E-state index in [1.54, 1.807) is 0 Å². The molecule has 0 radical (unpaired) electrons. The fourth-order valence-corrected chi connectivity index (χ4v) is 3.41. The second-order valence-corrected chi connectivity index (χ2v) is 6.20. The van der Waals surface area contributed by atoms with Crippen molar-refractivity contribution in [2.24, 2.45) is 0 Å². The van der Waals surface area contributed by atoms with Crippen LogP contribution in [0.15, 0.2) is 41.1 Å². The van der Waals surface area contributed by atoms with Crippen molar-refractivity contribution in [3.05, 3.63) is 46.7 Å². The third-order valence-electron chi connectivity index (χ3n) is 2.90. The summed E-state index contributed by atoms with van der Waals surface area (Å²) >= 11 is 2.92. The molecule has 0 fully saturated rings. The topological polar surface area (TPSA) is 74.2 Å². The molecule has 2 amide bonds. The van der Waals surface area contributed by atoms with Gasteiger partial charge in [0.15, 0.2) is 5.13 Å². The van der Waals surface area contributed by atoms with Crippen molar-refractivity contribution < 1.29 is 9.90 Å². The molecule has 0 spiro atoms. The van der Waals surface area contributed by atoms with E-state index < -0.39 is 6.10 Å². The number of carbonyl (C=O) groups excluding carboxylic acids is 1. The van der Waals surface area contributed by atoms with Crippen molar-refractivity contribution in [1.82, 2.24) is 10.3 Å². The zero-order valence-corrected chi connectivity index (χ0v) is 12.6. The van der Waals surface area contributed by atoms with Crippen molar-refractivity contribution in [3.8, 4) is 0 Å². The van der Waals surface area contributed by atoms with Crippen LogP contribution in [0, 0.1) is 0 Å². The monoisotopic (exact) mass is 319 g/mol. The number of amides is 2.